The van der Waals surface area contributed by atoms with Crippen LogP contribution in [0.25, 0.3) is 0 Å². The fourth-order valence-electron chi connectivity index (χ4n) is 2.39. The zero-order valence-electron chi connectivity index (χ0n) is 13.5. The van der Waals surface area contributed by atoms with Gasteiger partial charge in [-0.15, -0.1) is 0 Å². The average molecular weight is 318 g/mol. The summed E-state index contributed by atoms with van der Waals surface area (Å²) < 4.78 is 0. The Bertz CT molecular complexity index is 566. The summed E-state index contributed by atoms with van der Waals surface area (Å²) in [7, 11) is 3.41. The molecule has 1 aliphatic heterocycles. The Labute approximate surface area is 135 Å². The average Bonchev–Trinajstić information content (AvgIpc) is 2.59. The molecule has 1 saturated heterocycles. The summed E-state index contributed by atoms with van der Waals surface area (Å²) in [5.74, 6) is -0.397. The maximum absolute atomic E-state index is 12.1. The minimum absolute atomic E-state index is 0.0324. The molecule has 1 N–H and O–H groups in total. The number of carbonyl (C=O) groups excluding carboxylic acids is 3. The number of hydrogen-bond acceptors (Lipinski definition) is 3. The van der Waals surface area contributed by atoms with E-state index >= 15 is 0 Å². The molecule has 0 atom stereocenters. The van der Waals surface area contributed by atoms with Crippen molar-refractivity contribution in [3.63, 3.8) is 0 Å². The molecule has 1 fully saturated rings. The van der Waals surface area contributed by atoms with Gasteiger partial charge in [0.05, 0.1) is 6.54 Å². The Morgan fingerprint density at radius 2 is 1.57 bits per heavy atom. The van der Waals surface area contributed by atoms with E-state index in [0.29, 0.717) is 31.7 Å². The first-order chi connectivity index (χ1) is 11.0. The van der Waals surface area contributed by atoms with Gasteiger partial charge in [0.1, 0.15) is 0 Å². The summed E-state index contributed by atoms with van der Waals surface area (Å²) in [5.41, 5.74) is 0.529. The third-order valence-corrected chi connectivity index (χ3v) is 3.72. The van der Waals surface area contributed by atoms with E-state index in [4.69, 9.17) is 0 Å². The van der Waals surface area contributed by atoms with Crippen LogP contribution in [0.1, 0.15) is 10.4 Å². The number of nitrogens with zero attached hydrogens (tertiary/aromatic N) is 3. The van der Waals surface area contributed by atoms with Crippen LogP contribution in [-0.2, 0) is 4.79 Å². The maximum Gasteiger partial charge on any atom is 0.319 e. The molecule has 0 spiro atoms. The molecule has 0 unspecified atom stereocenters. The fourth-order valence-corrected chi connectivity index (χ4v) is 2.39. The molecule has 0 radical (unpaired) electrons. The van der Waals surface area contributed by atoms with E-state index in [0.717, 1.165) is 0 Å². The lowest BCUT2D eigenvalue weighted by Gasteiger charge is -2.36. The van der Waals surface area contributed by atoms with Crippen LogP contribution >= 0.6 is 0 Å². The van der Waals surface area contributed by atoms with Crippen molar-refractivity contribution in [2.45, 2.75) is 0 Å². The molecule has 2 rings (SSSR count). The van der Waals surface area contributed by atoms with Crippen LogP contribution in [0, 0.1) is 0 Å². The smallest absolute Gasteiger partial charge is 0.319 e. The molecule has 1 aromatic rings. The van der Waals surface area contributed by atoms with Gasteiger partial charge >= 0.3 is 6.03 Å². The number of piperazine rings is 1. The Kier molecular flexibility index (Phi) is 5.56. The second-order valence-electron chi connectivity index (χ2n) is 5.59. The van der Waals surface area contributed by atoms with Crippen LogP contribution in [0.4, 0.5) is 4.79 Å². The molecule has 0 aromatic heterocycles. The number of amides is 4. The van der Waals surface area contributed by atoms with Crippen molar-refractivity contribution >= 4 is 17.8 Å². The number of hydrogen-bond donors (Lipinski definition) is 1. The molecule has 7 heteroatoms. The predicted octanol–water partition coefficient (Wildman–Crippen LogP) is 0.242. The lowest BCUT2D eigenvalue weighted by atomic mass is 10.2. The van der Waals surface area contributed by atoms with Crippen LogP contribution in [0.3, 0.4) is 0 Å². The summed E-state index contributed by atoms with van der Waals surface area (Å²) in [4.78, 5) is 40.8. The second kappa shape index (κ2) is 7.62. The SMILES string of the molecule is CN(C)C(=O)N1CCN(C(=O)CNC(=O)c2ccccc2)CC1. The lowest BCUT2D eigenvalue weighted by Crippen LogP contribution is -2.54. The molecule has 124 valence electrons. The van der Waals surface area contributed by atoms with Gasteiger partial charge in [-0.1, -0.05) is 18.2 Å². The van der Waals surface area contributed by atoms with Crippen molar-refractivity contribution in [3.05, 3.63) is 35.9 Å². The van der Waals surface area contributed by atoms with E-state index in [-0.39, 0.29) is 24.4 Å². The van der Waals surface area contributed by atoms with Crippen LogP contribution < -0.4 is 5.32 Å². The Morgan fingerprint density at radius 3 is 2.13 bits per heavy atom. The van der Waals surface area contributed by atoms with E-state index in [2.05, 4.69) is 5.32 Å². The highest BCUT2D eigenvalue weighted by Gasteiger charge is 2.24. The third-order valence-electron chi connectivity index (χ3n) is 3.72. The first kappa shape index (κ1) is 16.8. The molecule has 4 amide bonds. The number of rotatable bonds is 3. The highest BCUT2D eigenvalue weighted by Crippen LogP contribution is 2.04. The highest BCUT2D eigenvalue weighted by atomic mass is 16.2. The molecule has 0 saturated carbocycles. The Hall–Kier alpha value is -2.57. The molecule has 0 bridgehead atoms. The molecule has 1 aromatic carbocycles. The van der Waals surface area contributed by atoms with Gasteiger partial charge in [0, 0.05) is 45.8 Å². The predicted molar refractivity (Wildman–Crippen MR) is 86.0 cm³/mol. The quantitative estimate of drug-likeness (QED) is 0.868. The monoisotopic (exact) mass is 318 g/mol. The summed E-state index contributed by atoms with van der Waals surface area (Å²) in [6.07, 6.45) is 0. The summed E-state index contributed by atoms with van der Waals surface area (Å²) >= 11 is 0. The van der Waals surface area contributed by atoms with Crippen molar-refractivity contribution in [3.8, 4) is 0 Å². The van der Waals surface area contributed by atoms with E-state index in [1.165, 1.54) is 4.90 Å². The van der Waals surface area contributed by atoms with Crippen molar-refractivity contribution < 1.29 is 14.4 Å². The van der Waals surface area contributed by atoms with E-state index in [1.807, 2.05) is 6.07 Å². The lowest BCUT2D eigenvalue weighted by molar-refractivity contribution is -0.131. The normalized spacial score (nSPS) is 14.3. The molecule has 23 heavy (non-hydrogen) atoms. The minimum atomic E-state index is -0.264. The molecule has 1 heterocycles. The maximum atomic E-state index is 12.1. The van der Waals surface area contributed by atoms with Crippen molar-refractivity contribution in [2.24, 2.45) is 0 Å². The molecular weight excluding hydrogens is 296 g/mol. The summed E-state index contributed by atoms with van der Waals surface area (Å²) in [5, 5.41) is 2.63. The summed E-state index contributed by atoms with van der Waals surface area (Å²) in [6, 6.07) is 8.73. The topological polar surface area (TPSA) is 73.0 Å². The van der Waals surface area contributed by atoms with Crippen LogP contribution in [0.2, 0.25) is 0 Å². The van der Waals surface area contributed by atoms with Gasteiger partial charge in [0.2, 0.25) is 5.91 Å². The van der Waals surface area contributed by atoms with Crippen molar-refractivity contribution in [1.29, 1.82) is 0 Å². The number of benzene rings is 1. The Balaban J connectivity index is 1.77. The zero-order valence-corrected chi connectivity index (χ0v) is 13.5. The van der Waals surface area contributed by atoms with Gasteiger partial charge in [-0.25, -0.2) is 4.79 Å². The van der Waals surface area contributed by atoms with Crippen molar-refractivity contribution in [1.82, 2.24) is 20.0 Å². The van der Waals surface area contributed by atoms with E-state index in [1.54, 1.807) is 48.2 Å². The standard InChI is InChI=1S/C16H22N4O3/c1-18(2)16(23)20-10-8-19(9-11-20)14(21)12-17-15(22)13-6-4-3-5-7-13/h3-7H,8-12H2,1-2H3,(H,17,22). The van der Waals surface area contributed by atoms with Gasteiger partial charge in [-0.2, -0.15) is 0 Å². The van der Waals surface area contributed by atoms with E-state index < -0.39 is 0 Å². The first-order valence-electron chi connectivity index (χ1n) is 7.56. The van der Waals surface area contributed by atoms with Crippen LogP contribution in [-0.4, -0.2) is 79.4 Å². The number of carbonyl (C=O) groups is 3. The minimum Gasteiger partial charge on any atom is -0.343 e. The second-order valence-corrected chi connectivity index (χ2v) is 5.59. The van der Waals surface area contributed by atoms with Crippen molar-refractivity contribution in [2.75, 3.05) is 46.8 Å². The van der Waals surface area contributed by atoms with Crippen LogP contribution in [0.15, 0.2) is 30.3 Å². The molecule has 1 aliphatic rings. The number of urea groups is 1. The first-order valence-corrected chi connectivity index (χ1v) is 7.56. The zero-order chi connectivity index (χ0) is 16.8. The largest absolute Gasteiger partial charge is 0.343 e. The fraction of sp³-hybridized carbons (Fsp3) is 0.438. The van der Waals surface area contributed by atoms with Crippen LogP contribution in [0.5, 0.6) is 0 Å². The molecule has 0 aliphatic carbocycles. The van der Waals surface area contributed by atoms with Gasteiger partial charge < -0.3 is 20.0 Å². The van der Waals surface area contributed by atoms with Gasteiger partial charge in [-0.3, -0.25) is 9.59 Å². The van der Waals surface area contributed by atoms with E-state index in [9.17, 15) is 14.4 Å². The Morgan fingerprint density at radius 1 is 1.00 bits per heavy atom. The van der Waals surface area contributed by atoms with Gasteiger partial charge in [0.15, 0.2) is 0 Å². The summed E-state index contributed by atoms with van der Waals surface area (Å²) in [6.45, 7) is 1.96. The molecular formula is C16H22N4O3. The third kappa shape index (κ3) is 4.45. The highest BCUT2D eigenvalue weighted by molar-refractivity contribution is 5.96. The molecule has 7 nitrogen and oxygen atoms in total. The van der Waals surface area contributed by atoms with Gasteiger partial charge in [-0.05, 0) is 12.1 Å². The number of nitrogens with one attached hydrogen (secondary N) is 1. The van der Waals surface area contributed by atoms with Gasteiger partial charge in [0.25, 0.3) is 5.91 Å².